The van der Waals surface area contributed by atoms with Gasteiger partial charge in [0.15, 0.2) is 0 Å². The first kappa shape index (κ1) is 12.6. The summed E-state index contributed by atoms with van der Waals surface area (Å²) in [5.41, 5.74) is 9.35. The third-order valence-electron chi connectivity index (χ3n) is 2.93. The van der Waals surface area contributed by atoms with Gasteiger partial charge in [0.25, 0.3) is 0 Å². The van der Waals surface area contributed by atoms with Crippen LogP contribution in [0.5, 0.6) is 5.75 Å². The van der Waals surface area contributed by atoms with Gasteiger partial charge in [0.2, 0.25) is 0 Å². The van der Waals surface area contributed by atoms with Crippen LogP contribution in [0.1, 0.15) is 29.8 Å². The number of hydrogen-bond acceptors (Lipinski definition) is 3. The molecule has 0 bridgehead atoms. The van der Waals surface area contributed by atoms with E-state index < -0.39 is 0 Å². The summed E-state index contributed by atoms with van der Waals surface area (Å²) in [5, 5.41) is 0. The van der Waals surface area contributed by atoms with Crippen molar-refractivity contribution in [3.63, 3.8) is 0 Å². The second-order valence-electron chi connectivity index (χ2n) is 4.16. The predicted molar refractivity (Wildman–Crippen MR) is 72.6 cm³/mol. The molecule has 0 saturated carbocycles. The number of aryl methyl sites for hydroxylation is 1. The molecule has 1 aromatic carbocycles. The van der Waals surface area contributed by atoms with E-state index in [0.29, 0.717) is 6.61 Å². The van der Waals surface area contributed by atoms with Gasteiger partial charge in [0.05, 0.1) is 12.6 Å². The van der Waals surface area contributed by atoms with Crippen LogP contribution in [-0.4, -0.2) is 11.6 Å². The zero-order valence-electron chi connectivity index (χ0n) is 10.8. The number of hydrogen-bond donors (Lipinski definition) is 1. The van der Waals surface area contributed by atoms with Crippen LogP contribution in [0.4, 0.5) is 0 Å². The van der Waals surface area contributed by atoms with Gasteiger partial charge >= 0.3 is 0 Å². The first-order valence-corrected chi connectivity index (χ1v) is 6.12. The van der Waals surface area contributed by atoms with Crippen molar-refractivity contribution in [3.8, 4) is 5.75 Å². The van der Waals surface area contributed by atoms with Gasteiger partial charge in [0, 0.05) is 11.9 Å². The minimum absolute atomic E-state index is 0.144. The van der Waals surface area contributed by atoms with E-state index in [9.17, 15) is 0 Å². The molecule has 3 heteroatoms. The van der Waals surface area contributed by atoms with Crippen LogP contribution in [-0.2, 0) is 0 Å². The number of rotatable bonds is 4. The summed E-state index contributed by atoms with van der Waals surface area (Å²) in [6.07, 6.45) is 1.78. The molecule has 3 nitrogen and oxygen atoms in total. The molecular weight excluding hydrogens is 224 g/mol. The van der Waals surface area contributed by atoms with E-state index in [1.165, 1.54) is 0 Å². The molecule has 0 spiro atoms. The lowest BCUT2D eigenvalue weighted by Gasteiger charge is -2.15. The molecule has 1 heterocycles. The Morgan fingerprint density at radius 2 is 1.94 bits per heavy atom. The van der Waals surface area contributed by atoms with Crippen LogP contribution in [0.15, 0.2) is 42.6 Å². The maximum atomic E-state index is 6.26. The zero-order valence-corrected chi connectivity index (χ0v) is 10.8. The van der Waals surface area contributed by atoms with Crippen molar-refractivity contribution >= 4 is 0 Å². The number of pyridine rings is 1. The highest BCUT2D eigenvalue weighted by atomic mass is 16.5. The predicted octanol–water partition coefficient (Wildman–Crippen LogP) is 2.84. The SMILES string of the molecule is CCOc1ccc(C(N)c2cccnc2C)cc1. The third-order valence-corrected chi connectivity index (χ3v) is 2.93. The molecule has 1 aromatic heterocycles. The van der Waals surface area contributed by atoms with E-state index in [1.54, 1.807) is 6.20 Å². The van der Waals surface area contributed by atoms with Gasteiger partial charge in [-0.1, -0.05) is 18.2 Å². The van der Waals surface area contributed by atoms with Gasteiger partial charge in [-0.3, -0.25) is 4.98 Å². The fourth-order valence-corrected chi connectivity index (χ4v) is 1.94. The van der Waals surface area contributed by atoms with Crippen molar-refractivity contribution in [2.24, 2.45) is 5.73 Å². The first-order valence-electron chi connectivity index (χ1n) is 6.12. The topological polar surface area (TPSA) is 48.1 Å². The summed E-state index contributed by atoms with van der Waals surface area (Å²) in [7, 11) is 0. The van der Waals surface area contributed by atoms with Crippen LogP contribution in [0.25, 0.3) is 0 Å². The Hall–Kier alpha value is -1.87. The largest absolute Gasteiger partial charge is 0.494 e. The van der Waals surface area contributed by atoms with Crippen LogP contribution < -0.4 is 10.5 Å². The standard InChI is InChI=1S/C15H18N2O/c1-3-18-13-8-6-12(7-9-13)15(16)14-5-4-10-17-11(14)2/h4-10,15H,3,16H2,1-2H3. The Morgan fingerprint density at radius 3 is 2.56 bits per heavy atom. The molecule has 0 aliphatic heterocycles. The smallest absolute Gasteiger partial charge is 0.119 e. The molecule has 0 saturated heterocycles. The molecule has 2 rings (SSSR count). The Kier molecular flexibility index (Phi) is 3.95. The van der Waals surface area contributed by atoms with Gasteiger partial charge in [-0.05, 0) is 43.2 Å². The van der Waals surface area contributed by atoms with Gasteiger partial charge in [0.1, 0.15) is 5.75 Å². The molecule has 1 atom stereocenters. The van der Waals surface area contributed by atoms with E-state index in [2.05, 4.69) is 4.98 Å². The van der Waals surface area contributed by atoms with Crippen molar-refractivity contribution in [2.75, 3.05) is 6.61 Å². The fourth-order valence-electron chi connectivity index (χ4n) is 1.94. The van der Waals surface area contributed by atoms with E-state index >= 15 is 0 Å². The normalized spacial score (nSPS) is 12.2. The van der Waals surface area contributed by atoms with Crippen molar-refractivity contribution in [3.05, 3.63) is 59.4 Å². The summed E-state index contributed by atoms with van der Waals surface area (Å²) >= 11 is 0. The maximum absolute atomic E-state index is 6.26. The highest BCUT2D eigenvalue weighted by Gasteiger charge is 2.11. The molecule has 0 aliphatic rings. The highest BCUT2D eigenvalue weighted by Crippen LogP contribution is 2.23. The number of benzene rings is 1. The second-order valence-corrected chi connectivity index (χ2v) is 4.16. The molecule has 1 unspecified atom stereocenters. The Bertz CT molecular complexity index is 508. The Balaban J connectivity index is 2.23. The fraction of sp³-hybridized carbons (Fsp3) is 0.267. The zero-order chi connectivity index (χ0) is 13.0. The lowest BCUT2D eigenvalue weighted by Crippen LogP contribution is -2.13. The summed E-state index contributed by atoms with van der Waals surface area (Å²) < 4.78 is 5.42. The summed E-state index contributed by atoms with van der Waals surface area (Å²) in [6, 6.07) is 11.7. The van der Waals surface area contributed by atoms with Crippen LogP contribution in [0.3, 0.4) is 0 Å². The first-order chi connectivity index (χ1) is 8.72. The molecule has 0 aliphatic carbocycles. The maximum Gasteiger partial charge on any atom is 0.119 e. The van der Waals surface area contributed by atoms with Gasteiger partial charge in [-0.2, -0.15) is 0 Å². The quantitative estimate of drug-likeness (QED) is 0.896. The van der Waals surface area contributed by atoms with E-state index in [4.69, 9.17) is 10.5 Å². The Morgan fingerprint density at radius 1 is 1.22 bits per heavy atom. The van der Waals surface area contributed by atoms with Crippen LogP contribution >= 0.6 is 0 Å². The van der Waals surface area contributed by atoms with Crippen molar-refractivity contribution in [2.45, 2.75) is 19.9 Å². The lowest BCUT2D eigenvalue weighted by atomic mass is 9.98. The molecule has 94 valence electrons. The minimum Gasteiger partial charge on any atom is -0.494 e. The van der Waals surface area contributed by atoms with Crippen molar-refractivity contribution in [1.82, 2.24) is 4.98 Å². The van der Waals surface area contributed by atoms with E-state index in [0.717, 1.165) is 22.6 Å². The van der Waals surface area contributed by atoms with E-state index in [1.807, 2.05) is 50.2 Å². The molecule has 18 heavy (non-hydrogen) atoms. The number of nitrogens with zero attached hydrogens (tertiary/aromatic N) is 1. The Labute approximate surface area is 108 Å². The summed E-state index contributed by atoms with van der Waals surface area (Å²) in [4.78, 5) is 4.27. The summed E-state index contributed by atoms with van der Waals surface area (Å²) in [5.74, 6) is 0.872. The molecule has 0 fully saturated rings. The van der Waals surface area contributed by atoms with Gasteiger partial charge < -0.3 is 10.5 Å². The van der Waals surface area contributed by atoms with Crippen LogP contribution in [0, 0.1) is 6.92 Å². The highest BCUT2D eigenvalue weighted by molar-refractivity contribution is 5.36. The molecule has 2 N–H and O–H groups in total. The number of ether oxygens (including phenoxy) is 1. The minimum atomic E-state index is -0.144. The average Bonchev–Trinajstić information content (AvgIpc) is 2.40. The third kappa shape index (κ3) is 2.68. The molecular formula is C15H18N2O. The summed E-state index contributed by atoms with van der Waals surface area (Å²) in [6.45, 7) is 4.62. The number of aromatic nitrogens is 1. The molecule has 2 aromatic rings. The van der Waals surface area contributed by atoms with Gasteiger partial charge in [-0.25, -0.2) is 0 Å². The van der Waals surface area contributed by atoms with Gasteiger partial charge in [-0.15, -0.1) is 0 Å². The second kappa shape index (κ2) is 5.65. The molecule has 0 amide bonds. The van der Waals surface area contributed by atoms with E-state index in [-0.39, 0.29) is 6.04 Å². The van der Waals surface area contributed by atoms with Crippen molar-refractivity contribution in [1.29, 1.82) is 0 Å². The van der Waals surface area contributed by atoms with Crippen molar-refractivity contribution < 1.29 is 4.74 Å². The average molecular weight is 242 g/mol. The molecule has 0 radical (unpaired) electrons. The lowest BCUT2D eigenvalue weighted by molar-refractivity contribution is 0.340. The van der Waals surface area contributed by atoms with Crippen LogP contribution in [0.2, 0.25) is 0 Å². The number of nitrogens with two attached hydrogens (primary N) is 1. The monoisotopic (exact) mass is 242 g/mol.